The number of benzene rings is 3. The predicted molar refractivity (Wildman–Crippen MR) is 142 cm³/mol. The van der Waals surface area contributed by atoms with E-state index in [2.05, 4.69) is 15.9 Å². The molecule has 3 aromatic carbocycles. The second-order valence-electron chi connectivity index (χ2n) is 8.98. The van der Waals surface area contributed by atoms with Crippen LogP contribution in [-0.4, -0.2) is 23.5 Å². The Kier molecular flexibility index (Phi) is 5.64. The van der Waals surface area contributed by atoms with E-state index in [-0.39, 0.29) is 24.2 Å². The van der Waals surface area contributed by atoms with Crippen LogP contribution < -0.4 is 14.4 Å². The minimum absolute atomic E-state index is 0.0202. The molecule has 3 aromatic rings. The van der Waals surface area contributed by atoms with Crippen molar-refractivity contribution in [2.75, 3.05) is 11.7 Å². The molecule has 2 aliphatic heterocycles. The lowest BCUT2D eigenvalue weighted by Gasteiger charge is -2.41. The van der Waals surface area contributed by atoms with Crippen molar-refractivity contribution in [3.05, 3.63) is 105 Å². The predicted octanol–water partition coefficient (Wildman–Crippen LogP) is 6.74. The highest BCUT2D eigenvalue weighted by Crippen LogP contribution is 2.49. The number of halogens is 1. The number of amidine groups is 1. The third-order valence-electron chi connectivity index (χ3n) is 6.85. The minimum Gasteiger partial charge on any atom is -0.507 e. The number of allylic oxidation sites excluding steroid dienone is 2. The third kappa shape index (κ3) is 3.71. The van der Waals surface area contributed by atoms with Crippen LogP contribution in [0.4, 0.5) is 5.69 Å². The monoisotopic (exact) mass is 542 g/mol. The van der Waals surface area contributed by atoms with Gasteiger partial charge in [-0.15, -0.1) is 0 Å². The molecule has 1 atom stereocenters. The topological polar surface area (TPSA) is 82.9 Å². The molecular formula is C29H23BrN2O4. The number of nitrogens with one attached hydrogen (secondary N) is 1. The Morgan fingerprint density at radius 3 is 2.58 bits per heavy atom. The summed E-state index contributed by atoms with van der Waals surface area (Å²) in [5.74, 6) is 0.779. The Morgan fingerprint density at radius 1 is 0.972 bits per heavy atom. The van der Waals surface area contributed by atoms with Gasteiger partial charge in [0.05, 0.1) is 0 Å². The van der Waals surface area contributed by atoms with Crippen LogP contribution in [0.1, 0.15) is 36.3 Å². The van der Waals surface area contributed by atoms with Gasteiger partial charge in [-0.05, 0) is 48.7 Å². The highest BCUT2D eigenvalue weighted by Gasteiger charge is 2.43. The molecule has 0 amide bonds. The van der Waals surface area contributed by atoms with Gasteiger partial charge in [-0.25, -0.2) is 0 Å². The Bertz CT molecular complexity index is 1460. The van der Waals surface area contributed by atoms with Crippen molar-refractivity contribution in [3.63, 3.8) is 0 Å². The maximum Gasteiger partial charge on any atom is 0.231 e. The normalized spacial score (nSPS) is 20.5. The summed E-state index contributed by atoms with van der Waals surface area (Å²) in [6.07, 6.45) is 1.81. The van der Waals surface area contributed by atoms with Gasteiger partial charge in [-0.1, -0.05) is 58.4 Å². The molecule has 0 saturated carbocycles. The van der Waals surface area contributed by atoms with Gasteiger partial charge in [-0.2, -0.15) is 0 Å². The minimum atomic E-state index is -0.613. The van der Waals surface area contributed by atoms with Crippen molar-refractivity contribution in [2.24, 2.45) is 0 Å². The summed E-state index contributed by atoms with van der Waals surface area (Å²) < 4.78 is 12.0. The maximum atomic E-state index is 13.6. The van der Waals surface area contributed by atoms with Crippen molar-refractivity contribution in [1.29, 1.82) is 5.41 Å². The van der Waals surface area contributed by atoms with E-state index in [4.69, 9.17) is 9.47 Å². The van der Waals surface area contributed by atoms with Crippen LogP contribution in [0.25, 0.3) is 5.76 Å². The van der Waals surface area contributed by atoms with Gasteiger partial charge in [0.15, 0.2) is 17.3 Å². The molecule has 0 spiro atoms. The Hall–Kier alpha value is -3.84. The number of rotatable bonds is 3. The zero-order chi connectivity index (χ0) is 24.8. The van der Waals surface area contributed by atoms with Crippen LogP contribution in [-0.2, 0) is 4.79 Å². The molecule has 0 fully saturated rings. The molecule has 2 N–H and O–H groups in total. The van der Waals surface area contributed by atoms with E-state index in [1.165, 1.54) is 0 Å². The number of Topliss-reactive ketones (excluding diaryl/α,β-unsaturated/α-hetero) is 1. The third-order valence-corrected chi connectivity index (χ3v) is 7.35. The van der Waals surface area contributed by atoms with Crippen LogP contribution in [0, 0.1) is 5.41 Å². The van der Waals surface area contributed by atoms with E-state index in [9.17, 15) is 15.3 Å². The molecule has 180 valence electrons. The summed E-state index contributed by atoms with van der Waals surface area (Å²) in [7, 11) is 0. The average molecular weight is 543 g/mol. The Morgan fingerprint density at radius 2 is 1.78 bits per heavy atom. The molecule has 7 heteroatoms. The summed E-state index contributed by atoms with van der Waals surface area (Å²) >= 11 is 3.54. The summed E-state index contributed by atoms with van der Waals surface area (Å²) in [6, 6.07) is 22.4. The van der Waals surface area contributed by atoms with Crippen LogP contribution >= 0.6 is 15.9 Å². The van der Waals surface area contributed by atoms with E-state index >= 15 is 0 Å². The Balaban J connectivity index is 1.65. The number of hydrogen-bond acceptors (Lipinski definition) is 5. The van der Waals surface area contributed by atoms with Crippen molar-refractivity contribution in [3.8, 4) is 11.5 Å². The number of aliphatic hydroxyl groups excluding tert-OH is 1. The van der Waals surface area contributed by atoms with Gasteiger partial charge in [0.2, 0.25) is 6.79 Å². The van der Waals surface area contributed by atoms with Gasteiger partial charge < -0.3 is 14.6 Å². The number of ether oxygens (including phenoxy) is 2. The zero-order valence-corrected chi connectivity index (χ0v) is 20.9. The molecule has 3 aliphatic rings. The maximum absolute atomic E-state index is 13.6. The first kappa shape index (κ1) is 22.6. The van der Waals surface area contributed by atoms with Gasteiger partial charge >= 0.3 is 0 Å². The summed E-state index contributed by atoms with van der Waals surface area (Å²) in [4.78, 5) is 15.4. The average Bonchev–Trinajstić information content (AvgIpc) is 3.36. The molecule has 1 aliphatic carbocycles. The first-order valence-corrected chi connectivity index (χ1v) is 12.6. The van der Waals surface area contributed by atoms with Gasteiger partial charge in [-0.3, -0.25) is 15.1 Å². The van der Waals surface area contributed by atoms with Crippen molar-refractivity contribution >= 4 is 39.0 Å². The van der Waals surface area contributed by atoms with Crippen LogP contribution in [0.2, 0.25) is 0 Å². The first-order chi connectivity index (χ1) is 17.5. The SMILES string of the molecule is N=C1/C(=C(/O)c2ccccc2)C(c2ccc3c(c2)OCO3)C2=C(CCCC2=O)N1c1cccc(Br)c1. The quantitative estimate of drug-likeness (QED) is 0.358. The molecule has 6 nitrogen and oxygen atoms in total. The lowest BCUT2D eigenvalue weighted by molar-refractivity contribution is -0.116. The van der Waals surface area contributed by atoms with Gasteiger partial charge in [0, 0.05) is 44.9 Å². The largest absolute Gasteiger partial charge is 0.507 e. The van der Waals surface area contributed by atoms with E-state index < -0.39 is 5.92 Å². The van der Waals surface area contributed by atoms with E-state index in [0.717, 1.165) is 21.4 Å². The second kappa shape index (κ2) is 8.99. The van der Waals surface area contributed by atoms with Crippen LogP contribution in [0.15, 0.2) is 94.1 Å². The second-order valence-corrected chi connectivity index (χ2v) is 9.89. The summed E-state index contributed by atoms with van der Waals surface area (Å²) in [5, 5.41) is 21.1. The van der Waals surface area contributed by atoms with E-state index in [1.54, 1.807) is 0 Å². The smallest absolute Gasteiger partial charge is 0.231 e. The molecule has 6 rings (SSSR count). The number of carbonyl (C=O) groups excluding carboxylic acids is 1. The number of nitrogens with zero attached hydrogens (tertiary/aromatic N) is 1. The number of fused-ring (bicyclic) bond motifs is 1. The van der Waals surface area contributed by atoms with Gasteiger partial charge in [0.25, 0.3) is 0 Å². The molecule has 1 unspecified atom stereocenters. The molecule has 0 bridgehead atoms. The highest BCUT2D eigenvalue weighted by atomic mass is 79.9. The van der Waals surface area contributed by atoms with E-state index in [1.807, 2.05) is 77.7 Å². The fourth-order valence-electron chi connectivity index (χ4n) is 5.27. The first-order valence-electron chi connectivity index (χ1n) is 11.8. The van der Waals surface area contributed by atoms with Crippen molar-refractivity contribution in [1.82, 2.24) is 0 Å². The number of ketones is 1. The van der Waals surface area contributed by atoms with Crippen LogP contribution in [0.5, 0.6) is 11.5 Å². The Labute approximate surface area is 217 Å². The number of carbonyl (C=O) groups is 1. The molecule has 0 saturated heterocycles. The van der Waals surface area contributed by atoms with Gasteiger partial charge in [0.1, 0.15) is 11.6 Å². The lowest BCUT2D eigenvalue weighted by Crippen LogP contribution is -2.42. The molecule has 0 aromatic heterocycles. The van der Waals surface area contributed by atoms with Crippen molar-refractivity contribution < 1.29 is 19.4 Å². The van der Waals surface area contributed by atoms with Crippen molar-refractivity contribution in [2.45, 2.75) is 25.2 Å². The molecule has 0 radical (unpaired) electrons. The standard InChI is InChI=1S/C29H23BrN2O4/c30-19-8-4-9-20(15-19)32-21-10-5-11-22(33)26(21)25(18-12-13-23-24(14-18)36-16-35-23)27(29(32)31)28(34)17-6-2-1-3-7-17/h1-4,6-9,12-15,25,31,34H,5,10-11,16H2/b28-27+,31-29?. The number of aliphatic hydroxyl groups is 1. The fourth-order valence-corrected chi connectivity index (χ4v) is 5.66. The zero-order valence-electron chi connectivity index (χ0n) is 19.3. The lowest BCUT2D eigenvalue weighted by atomic mass is 9.73. The fraction of sp³-hybridized carbons (Fsp3) is 0.172. The number of anilines is 1. The molecule has 2 heterocycles. The summed E-state index contributed by atoms with van der Waals surface area (Å²) in [5.41, 5.74) is 3.94. The van der Waals surface area contributed by atoms with E-state index in [0.29, 0.717) is 47.5 Å². The number of hydrogen-bond donors (Lipinski definition) is 2. The van der Waals surface area contributed by atoms with Crippen LogP contribution in [0.3, 0.4) is 0 Å². The highest BCUT2D eigenvalue weighted by molar-refractivity contribution is 9.10. The molecule has 36 heavy (non-hydrogen) atoms. The summed E-state index contributed by atoms with van der Waals surface area (Å²) in [6.45, 7) is 0.140. The molecular weight excluding hydrogens is 520 g/mol.